The fraction of sp³-hybridized carbons (Fsp3) is 0.150. The summed E-state index contributed by atoms with van der Waals surface area (Å²) in [5, 5.41) is 5.01. The number of nitrogens with zero attached hydrogens (tertiary/aromatic N) is 5. The fourth-order valence-electron chi connectivity index (χ4n) is 3.10. The molecule has 4 aromatic heterocycles. The van der Waals surface area contributed by atoms with Gasteiger partial charge in [-0.3, -0.25) is 9.78 Å². The number of methoxy groups -OCH3 is 1. The summed E-state index contributed by atoms with van der Waals surface area (Å²) in [4.78, 5) is 25.3. The maximum absolute atomic E-state index is 12.8. The molecule has 0 amide bonds. The number of Topliss-reactive ketones (excluding diaryl/α,β-unsaturated/α-hetero) is 1. The van der Waals surface area contributed by atoms with Gasteiger partial charge in [0.15, 0.2) is 10.8 Å². The van der Waals surface area contributed by atoms with Crippen LogP contribution < -0.4 is 4.74 Å². The Bertz CT molecular complexity index is 1190. The zero-order valence-electron chi connectivity index (χ0n) is 15.3. The Morgan fingerprint density at radius 2 is 1.90 bits per heavy atom. The van der Waals surface area contributed by atoms with E-state index in [2.05, 4.69) is 20.1 Å². The highest BCUT2D eigenvalue weighted by Gasteiger charge is 2.17. The summed E-state index contributed by atoms with van der Waals surface area (Å²) in [6, 6.07) is 7.06. The first-order valence-electron chi connectivity index (χ1n) is 8.69. The van der Waals surface area contributed by atoms with Crippen LogP contribution in [-0.2, 0) is 17.6 Å². The van der Waals surface area contributed by atoms with E-state index in [1.54, 1.807) is 41.4 Å². The fourth-order valence-corrected chi connectivity index (χ4v) is 3.54. The number of ether oxygens (including phenoxy) is 1. The smallest absolute Gasteiger partial charge is 0.232 e. The standard InChI is InChI=1S/C20H15Cl2N5O2/c1-29-20-16(21)7-12(10-25-20)6-15(28)8-14-11-24-18-9-17(22)26-27(18)19(14)13-2-4-23-5-3-13/h2-5,7,9-11H,6,8H2,1H3. The molecule has 4 aromatic rings. The first-order chi connectivity index (χ1) is 14.0. The number of carbonyl (C=O) groups excluding carboxylic acids is 1. The van der Waals surface area contributed by atoms with Crippen molar-refractivity contribution in [3.63, 3.8) is 0 Å². The number of carbonyl (C=O) groups is 1. The molecule has 0 unspecified atom stereocenters. The van der Waals surface area contributed by atoms with E-state index in [-0.39, 0.29) is 18.6 Å². The van der Waals surface area contributed by atoms with Crippen LogP contribution in [0.2, 0.25) is 10.2 Å². The molecule has 29 heavy (non-hydrogen) atoms. The number of pyridine rings is 2. The molecular weight excluding hydrogens is 413 g/mol. The van der Waals surface area contributed by atoms with Crippen LogP contribution >= 0.6 is 23.2 Å². The minimum absolute atomic E-state index is 0.0113. The van der Waals surface area contributed by atoms with Crippen LogP contribution in [0.25, 0.3) is 16.9 Å². The third-order valence-corrected chi connectivity index (χ3v) is 4.78. The van der Waals surface area contributed by atoms with Crippen LogP contribution in [0.15, 0.2) is 49.1 Å². The minimum atomic E-state index is -0.0113. The third kappa shape index (κ3) is 4.06. The molecule has 0 N–H and O–H groups in total. The average molecular weight is 428 g/mol. The van der Waals surface area contributed by atoms with Crippen molar-refractivity contribution in [1.82, 2.24) is 24.6 Å². The maximum atomic E-state index is 12.8. The van der Waals surface area contributed by atoms with Gasteiger partial charge in [0.1, 0.15) is 10.8 Å². The highest BCUT2D eigenvalue weighted by molar-refractivity contribution is 6.31. The zero-order valence-corrected chi connectivity index (χ0v) is 16.9. The lowest BCUT2D eigenvalue weighted by Crippen LogP contribution is -2.11. The lowest BCUT2D eigenvalue weighted by Gasteiger charge is -2.11. The van der Waals surface area contributed by atoms with Gasteiger partial charge in [0.2, 0.25) is 5.88 Å². The normalized spacial score (nSPS) is 11.0. The third-order valence-electron chi connectivity index (χ3n) is 4.33. The monoisotopic (exact) mass is 427 g/mol. The summed E-state index contributed by atoms with van der Waals surface area (Å²) in [7, 11) is 1.49. The van der Waals surface area contributed by atoms with Crippen molar-refractivity contribution in [1.29, 1.82) is 0 Å². The molecule has 4 heterocycles. The SMILES string of the molecule is COc1ncc(CC(=O)Cc2cnc3cc(Cl)nn3c2-c2ccncc2)cc1Cl. The van der Waals surface area contributed by atoms with E-state index in [1.165, 1.54) is 7.11 Å². The molecule has 0 radical (unpaired) electrons. The van der Waals surface area contributed by atoms with Crippen LogP contribution in [-0.4, -0.2) is 37.5 Å². The van der Waals surface area contributed by atoms with Gasteiger partial charge >= 0.3 is 0 Å². The first-order valence-corrected chi connectivity index (χ1v) is 9.44. The Morgan fingerprint density at radius 3 is 2.62 bits per heavy atom. The molecular formula is C20H15Cl2N5O2. The summed E-state index contributed by atoms with van der Waals surface area (Å²) in [6.45, 7) is 0. The van der Waals surface area contributed by atoms with E-state index >= 15 is 0 Å². The van der Waals surface area contributed by atoms with E-state index in [1.807, 2.05) is 12.1 Å². The zero-order chi connectivity index (χ0) is 20.4. The molecule has 0 aliphatic rings. The Balaban J connectivity index is 1.67. The first kappa shape index (κ1) is 19.3. The van der Waals surface area contributed by atoms with Gasteiger partial charge in [-0.1, -0.05) is 23.2 Å². The summed E-state index contributed by atoms with van der Waals surface area (Å²) < 4.78 is 6.69. The number of hydrogen-bond acceptors (Lipinski definition) is 6. The predicted molar refractivity (Wildman–Crippen MR) is 109 cm³/mol. The lowest BCUT2D eigenvalue weighted by molar-refractivity contribution is -0.117. The van der Waals surface area contributed by atoms with Gasteiger partial charge in [0.25, 0.3) is 0 Å². The molecule has 0 saturated carbocycles. The molecule has 0 spiro atoms. The summed E-state index contributed by atoms with van der Waals surface area (Å²) in [5.41, 5.74) is 3.67. The van der Waals surface area contributed by atoms with Gasteiger partial charge in [0, 0.05) is 54.8 Å². The van der Waals surface area contributed by atoms with Crippen molar-refractivity contribution in [2.45, 2.75) is 12.8 Å². The van der Waals surface area contributed by atoms with Crippen LogP contribution in [0.5, 0.6) is 5.88 Å². The number of fused-ring (bicyclic) bond motifs is 1. The van der Waals surface area contributed by atoms with Gasteiger partial charge in [-0.15, -0.1) is 0 Å². The topological polar surface area (TPSA) is 82.3 Å². The summed E-state index contributed by atoms with van der Waals surface area (Å²) >= 11 is 12.2. The number of ketones is 1. The van der Waals surface area contributed by atoms with Gasteiger partial charge in [-0.25, -0.2) is 14.5 Å². The Kier molecular flexibility index (Phi) is 5.42. The van der Waals surface area contributed by atoms with Gasteiger partial charge in [-0.05, 0) is 23.8 Å². The van der Waals surface area contributed by atoms with Crippen molar-refractivity contribution in [2.24, 2.45) is 0 Å². The average Bonchev–Trinajstić information content (AvgIpc) is 3.09. The second-order valence-electron chi connectivity index (χ2n) is 6.33. The van der Waals surface area contributed by atoms with Crippen molar-refractivity contribution < 1.29 is 9.53 Å². The van der Waals surface area contributed by atoms with Crippen molar-refractivity contribution in [3.8, 4) is 17.1 Å². The van der Waals surface area contributed by atoms with Crippen LogP contribution in [0.1, 0.15) is 11.1 Å². The van der Waals surface area contributed by atoms with Crippen LogP contribution in [0, 0.1) is 0 Å². The molecule has 0 bridgehead atoms. The summed E-state index contributed by atoms with van der Waals surface area (Å²) in [5.74, 6) is 0.316. The molecule has 7 nitrogen and oxygen atoms in total. The predicted octanol–water partition coefficient (Wildman–Crippen LogP) is 3.86. The molecule has 0 atom stereocenters. The maximum Gasteiger partial charge on any atom is 0.232 e. The molecule has 0 aliphatic carbocycles. The van der Waals surface area contributed by atoms with Crippen LogP contribution in [0.4, 0.5) is 0 Å². The van der Waals surface area contributed by atoms with E-state index in [4.69, 9.17) is 27.9 Å². The minimum Gasteiger partial charge on any atom is -0.480 e. The molecule has 146 valence electrons. The van der Waals surface area contributed by atoms with Gasteiger partial charge in [0.05, 0.1) is 12.8 Å². The largest absolute Gasteiger partial charge is 0.480 e. The summed E-state index contributed by atoms with van der Waals surface area (Å²) in [6.07, 6.45) is 6.99. The molecule has 0 fully saturated rings. The Labute approximate surface area is 176 Å². The Morgan fingerprint density at radius 1 is 1.10 bits per heavy atom. The van der Waals surface area contributed by atoms with E-state index in [9.17, 15) is 4.79 Å². The van der Waals surface area contributed by atoms with E-state index < -0.39 is 0 Å². The van der Waals surface area contributed by atoms with Crippen molar-refractivity contribution >= 4 is 34.6 Å². The number of rotatable bonds is 6. The number of hydrogen-bond donors (Lipinski definition) is 0. The molecule has 0 saturated heterocycles. The molecule has 0 aromatic carbocycles. The highest BCUT2D eigenvalue weighted by atomic mass is 35.5. The molecule has 4 rings (SSSR count). The van der Waals surface area contributed by atoms with Gasteiger partial charge < -0.3 is 4.74 Å². The molecule has 9 heteroatoms. The highest BCUT2D eigenvalue weighted by Crippen LogP contribution is 2.26. The quantitative estimate of drug-likeness (QED) is 0.464. The molecule has 0 aliphatic heterocycles. The van der Waals surface area contributed by atoms with Crippen molar-refractivity contribution in [2.75, 3.05) is 7.11 Å². The van der Waals surface area contributed by atoms with Crippen molar-refractivity contribution in [3.05, 3.63) is 70.4 Å². The number of halogens is 2. The Hall–Kier alpha value is -3.03. The van der Waals surface area contributed by atoms with E-state index in [0.717, 1.165) is 16.8 Å². The lowest BCUT2D eigenvalue weighted by atomic mass is 10.0. The van der Waals surface area contributed by atoms with Gasteiger partial charge in [-0.2, -0.15) is 5.10 Å². The van der Waals surface area contributed by atoms with Crippen LogP contribution in [0.3, 0.4) is 0 Å². The second-order valence-corrected chi connectivity index (χ2v) is 7.13. The number of aromatic nitrogens is 5. The van der Waals surface area contributed by atoms with E-state index in [0.29, 0.717) is 27.3 Å². The second kappa shape index (κ2) is 8.14.